The van der Waals surface area contributed by atoms with Crippen molar-refractivity contribution in [1.82, 2.24) is 10.6 Å². The molecule has 1 heterocycles. The summed E-state index contributed by atoms with van der Waals surface area (Å²) in [5, 5.41) is 5.93. The van der Waals surface area contributed by atoms with E-state index in [2.05, 4.69) is 10.6 Å². The van der Waals surface area contributed by atoms with Gasteiger partial charge in [0.15, 0.2) is 0 Å². The molecule has 2 fully saturated rings. The quantitative estimate of drug-likeness (QED) is 0.897. The Morgan fingerprint density at radius 2 is 2.18 bits per heavy atom. The molecule has 2 aliphatic rings. The molecule has 1 aromatic rings. The summed E-state index contributed by atoms with van der Waals surface area (Å²) in [4.78, 5) is 24.1. The zero-order valence-electron chi connectivity index (χ0n) is 12.1. The van der Waals surface area contributed by atoms with E-state index in [-0.39, 0.29) is 29.5 Å². The molecular weight excluding hydrogens is 307 g/mol. The predicted molar refractivity (Wildman–Crippen MR) is 81.0 cm³/mol. The third-order valence-electron chi connectivity index (χ3n) is 4.35. The molecule has 0 spiro atoms. The van der Waals surface area contributed by atoms with Crippen LogP contribution in [0.3, 0.4) is 0 Å². The fraction of sp³-hybridized carbons (Fsp3) is 0.500. The van der Waals surface area contributed by atoms with Gasteiger partial charge in [0.1, 0.15) is 11.9 Å². The third kappa shape index (κ3) is 3.09. The first-order chi connectivity index (χ1) is 10.6. The maximum absolute atomic E-state index is 13.9. The lowest BCUT2D eigenvalue weighted by Crippen LogP contribution is -2.46. The molecule has 118 valence electrons. The molecule has 3 rings (SSSR count). The number of nitrogens with one attached hydrogen (secondary N) is 2. The molecule has 1 saturated heterocycles. The number of halogens is 2. The van der Waals surface area contributed by atoms with Crippen molar-refractivity contribution in [2.75, 3.05) is 6.54 Å². The van der Waals surface area contributed by atoms with E-state index >= 15 is 0 Å². The summed E-state index contributed by atoms with van der Waals surface area (Å²) in [5.74, 6) is -1.19. The molecule has 1 aliphatic heterocycles. The average Bonchev–Trinajstić information content (AvgIpc) is 3.26. The van der Waals surface area contributed by atoms with E-state index in [0.29, 0.717) is 30.0 Å². The van der Waals surface area contributed by atoms with E-state index in [1.165, 1.54) is 6.07 Å². The second kappa shape index (κ2) is 6.24. The number of benzene rings is 1. The first-order valence-electron chi connectivity index (χ1n) is 7.60. The first-order valence-corrected chi connectivity index (χ1v) is 7.97. The number of hydrogen-bond donors (Lipinski definition) is 2. The maximum Gasteiger partial charge on any atom is 0.242 e. The summed E-state index contributed by atoms with van der Waals surface area (Å²) in [5.41, 5.74) is 0.412. The minimum Gasteiger partial charge on any atom is -0.354 e. The molecule has 1 aliphatic carbocycles. The van der Waals surface area contributed by atoms with Crippen LogP contribution in [-0.4, -0.2) is 24.4 Å². The minimum absolute atomic E-state index is 0.132. The summed E-state index contributed by atoms with van der Waals surface area (Å²) in [7, 11) is 0. The van der Waals surface area contributed by atoms with Crippen LogP contribution in [-0.2, 0) is 9.59 Å². The number of carbonyl (C=O) groups is 2. The van der Waals surface area contributed by atoms with Crippen molar-refractivity contribution in [3.63, 3.8) is 0 Å². The zero-order chi connectivity index (χ0) is 15.7. The molecule has 6 heteroatoms. The Morgan fingerprint density at radius 3 is 2.95 bits per heavy atom. The fourth-order valence-electron chi connectivity index (χ4n) is 3.02. The van der Waals surface area contributed by atoms with E-state index in [9.17, 15) is 14.0 Å². The second-order valence-corrected chi connectivity index (χ2v) is 6.34. The average molecular weight is 325 g/mol. The van der Waals surface area contributed by atoms with Gasteiger partial charge < -0.3 is 10.6 Å². The van der Waals surface area contributed by atoms with Crippen LogP contribution in [0.2, 0.25) is 5.02 Å². The number of amides is 2. The van der Waals surface area contributed by atoms with Crippen LogP contribution in [0.5, 0.6) is 0 Å². The zero-order valence-corrected chi connectivity index (χ0v) is 12.8. The lowest BCUT2D eigenvalue weighted by atomic mass is 10.1. The Kier molecular flexibility index (Phi) is 4.34. The molecule has 0 radical (unpaired) electrons. The normalized spacial score (nSPS) is 27.7. The highest BCUT2D eigenvalue weighted by molar-refractivity contribution is 6.31. The summed E-state index contributed by atoms with van der Waals surface area (Å²) >= 11 is 6.04. The van der Waals surface area contributed by atoms with Crippen LogP contribution >= 0.6 is 11.6 Å². The van der Waals surface area contributed by atoms with Gasteiger partial charge >= 0.3 is 0 Å². The van der Waals surface area contributed by atoms with E-state index in [1.807, 2.05) is 0 Å². The van der Waals surface area contributed by atoms with Crippen molar-refractivity contribution < 1.29 is 14.0 Å². The SMILES string of the molecule is O=C1NCCCCC1NC(=O)[C@@H]1C[C@H]1c1c(F)cccc1Cl. The lowest BCUT2D eigenvalue weighted by molar-refractivity contribution is -0.129. The molecule has 2 amide bonds. The Labute approximate surface area is 133 Å². The van der Waals surface area contributed by atoms with Crippen molar-refractivity contribution in [2.24, 2.45) is 5.92 Å². The summed E-state index contributed by atoms with van der Waals surface area (Å²) < 4.78 is 13.9. The highest BCUT2D eigenvalue weighted by Crippen LogP contribution is 2.50. The van der Waals surface area contributed by atoms with Crippen LogP contribution < -0.4 is 10.6 Å². The van der Waals surface area contributed by atoms with E-state index < -0.39 is 6.04 Å². The largest absolute Gasteiger partial charge is 0.354 e. The van der Waals surface area contributed by atoms with Crippen molar-refractivity contribution >= 4 is 23.4 Å². The van der Waals surface area contributed by atoms with Gasteiger partial charge in [0.05, 0.1) is 0 Å². The van der Waals surface area contributed by atoms with Crippen LogP contribution in [0, 0.1) is 11.7 Å². The molecule has 0 aromatic heterocycles. The van der Waals surface area contributed by atoms with E-state index in [1.54, 1.807) is 12.1 Å². The molecule has 22 heavy (non-hydrogen) atoms. The van der Waals surface area contributed by atoms with Crippen LogP contribution in [0.4, 0.5) is 4.39 Å². The Bertz CT molecular complexity index is 588. The molecule has 1 unspecified atom stereocenters. The monoisotopic (exact) mass is 324 g/mol. The molecular formula is C16H18ClFN2O2. The van der Waals surface area contributed by atoms with Crippen molar-refractivity contribution in [1.29, 1.82) is 0 Å². The summed E-state index contributed by atoms with van der Waals surface area (Å²) in [6.07, 6.45) is 3.04. The van der Waals surface area contributed by atoms with Gasteiger partial charge in [-0.15, -0.1) is 0 Å². The van der Waals surface area contributed by atoms with Gasteiger partial charge in [-0.05, 0) is 37.8 Å². The predicted octanol–water partition coefficient (Wildman–Crippen LogP) is 2.37. The van der Waals surface area contributed by atoms with Gasteiger partial charge in [-0.25, -0.2) is 4.39 Å². The minimum atomic E-state index is -0.479. The highest BCUT2D eigenvalue weighted by Gasteiger charge is 2.46. The molecule has 3 atom stereocenters. The summed E-state index contributed by atoms with van der Waals surface area (Å²) in [6.45, 7) is 0.655. The van der Waals surface area contributed by atoms with Crippen molar-refractivity contribution in [3.05, 3.63) is 34.6 Å². The molecule has 0 bridgehead atoms. The van der Waals surface area contributed by atoms with Crippen LogP contribution in [0.1, 0.15) is 37.2 Å². The Hall–Kier alpha value is -1.62. The van der Waals surface area contributed by atoms with Gasteiger partial charge in [0.25, 0.3) is 0 Å². The summed E-state index contributed by atoms with van der Waals surface area (Å²) in [6, 6.07) is 4.06. The van der Waals surface area contributed by atoms with Gasteiger partial charge in [0.2, 0.25) is 11.8 Å². The Morgan fingerprint density at radius 1 is 1.36 bits per heavy atom. The van der Waals surface area contributed by atoms with Crippen molar-refractivity contribution in [2.45, 2.75) is 37.6 Å². The second-order valence-electron chi connectivity index (χ2n) is 5.93. The van der Waals surface area contributed by atoms with Crippen LogP contribution in [0.25, 0.3) is 0 Å². The molecule has 1 saturated carbocycles. The molecule has 4 nitrogen and oxygen atoms in total. The van der Waals surface area contributed by atoms with Crippen LogP contribution in [0.15, 0.2) is 18.2 Å². The Balaban J connectivity index is 1.64. The first kappa shape index (κ1) is 15.3. The van der Waals surface area contributed by atoms with E-state index in [0.717, 1.165) is 12.8 Å². The lowest BCUT2D eigenvalue weighted by Gasteiger charge is -2.15. The number of carbonyl (C=O) groups excluding carboxylic acids is 2. The fourth-order valence-corrected chi connectivity index (χ4v) is 3.33. The number of rotatable bonds is 3. The van der Waals surface area contributed by atoms with Gasteiger partial charge in [-0.3, -0.25) is 9.59 Å². The molecule has 2 N–H and O–H groups in total. The smallest absolute Gasteiger partial charge is 0.242 e. The number of hydrogen-bond acceptors (Lipinski definition) is 2. The third-order valence-corrected chi connectivity index (χ3v) is 4.68. The van der Waals surface area contributed by atoms with Crippen molar-refractivity contribution in [3.8, 4) is 0 Å². The maximum atomic E-state index is 13.9. The topological polar surface area (TPSA) is 58.2 Å². The highest BCUT2D eigenvalue weighted by atomic mass is 35.5. The standard InChI is InChI=1S/C16H18ClFN2O2/c17-11-4-3-5-12(18)14(11)9-8-10(9)15(21)20-13-6-1-2-7-19-16(13)22/h3-5,9-10,13H,1-2,6-8H2,(H,19,22)(H,20,21)/t9-,10-,13?/m1/s1. The van der Waals surface area contributed by atoms with E-state index in [4.69, 9.17) is 11.6 Å². The van der Waals surface area contributed by atoms with Gasteiger partial charge in [0, 0.05) is 29.0 Å². The molecule has 1 aromatic carbocycles. The van der Waals surface area contributed by atoms with Gasteiger partial charge in [-0.1, -0.05) is 17.7 Å². The van der Waals surface area contributed by atoms with Gasteiger partial charge in [-0.2, -0.15) is 0 Å².